The Morgan fingerprint density at radius 2 is 1.69 bits per heavy atom. The van der Waals surface area contributed by atoms with Crippen LogP contribution >= 0.6 is 0 Å². The standard InChI is InChI=1S/C11H14N2/c1-4-7-10(6-3)11(8-5-2)13-9-12/h4-9H,1-3H2,(H2,12,13)/b10-7-,11-8+. The summed E-state index contributed by atoms with van der Waals surface area (Å²) in [5.41, 5.74) is 6.77. The summed E-state index contributed by atoms with van der Waals surface area (Å²) in [5, 5.41) is 0. The fourth-order valence-corrected chi connectivity index (χ4v) is 0.791. The number of nitrogens with zero attached hydrogens (tertiary/aromatic N) is 1. The van der Waals surface area contributed by atoms with E-state index in [1.54, 1.807) is 30.4 Å². The van der Waals surface area contributed by atoms with E-state index in [4.69, 9.17) is 5.73 Å². The van der Waals surface area contributed by atoms with E-state index in [0.717, 1.165) is 5.57 Å². The average Bonchev–Trinajstić information content (AvgIpc) is 2.14. The molecule has 2 N–H and O–H groups in total. The summed E-state index contributed by atoms with van der Waals surface area (Å²) >= 11 is 0. The van der Waals surface area contributed by atoms with Gasteiger partial charge in [0.15, 0.2) is 0 Å². The molecule has 0 saturated carbocycles. The minimum Gasteiger partial charge on any atom is -0.390 e. The van der Waals surface area contributed by atoms with Gasteiger partial charge in [-0.25, -0.2) is 4.99 Å². The van der Waals surface area contributed by atoms with Gasteiger partial charge in [-0.3, -0.25) is 0 Å². The van der Waals surface area contributed by atoms with Gasteiger partial charge in [0.2, 0.25) is 0 Å². The Balaban J connectivity index is 5.01. The van der Waals surface area contributed by atoms with Gasteiger partial charge < -0.3 is 5.73 Å². The molecule has 2 heteroatoms. The molecule has 0 amide bonds. The number of nitrogens with two attached hydrogens (primary N) is 1. The molecule has 0 saturated heterocycles. The van der Waals surface area contributed by atoms with E-state index in [1.165, 1.54) is 6.34 Å². The maximum atomic E-state index is 5.19. The summed E-state index contributed by atoms with van der Waals surface area (Å²) in [5.74, 6) is 0. The molecule has 0 aromatic heterocycles. The van der Waals surface area contributed by atoms with Crippen LogP contribution in [0.15, 0.2) is 66.4 Å². The third-order valence-corrected chi connectivity index (χ3v) is 1.30. The first kappa shape index (κ1) is 11.2. The zero-order valence-electron chi connectivity index (χ0n) is 7.61. The van der Waals surface area contributed by atoms with Crippen LogP contribution in [0.1, 0.15) is 0 Å². The second-order valence-corrected chi connectivity index (χ2v) is 2.13. The normalized spacial score (nSPS) is 12.9. The zero-order chi connectivity index (χ0) is 10.1. The number of aliphatic imine (C=N–C) groups is 1. The van der Waals surface area contributed by atoms with E-state index in [-0.39, 0.29) is 0 Å². The number of hydrogen-bond acceptors (Lipinski definition) is 1. The first-order valence-electron chi connectivity index (χ1n) is 3.82. The van der Waals surface area contributed by atoms with Gasteiger partial charge in [-0.2, -0.15) is 0 Å². The smallest absolute Gasteiger partial charge is 0.0860 e. The summed E-state index contributed by atoms with van der Waals surface area (Å²) in [6.45, 7) is 10.8. The number of rotatable bonds is 5. The highest BCUT2D eigenvalue weighted by atomic mass is 14.8. The van der Waals surface area contributed by atoms with Crippen molar-refractivity contribution in [3.8, 4) is 0 Å². The lowest BCUT2D eigenvalue weighted by Gasteiger charge is -1.99. The molecule has 0 unspecified atom stereocenters. The van der Waals surface area contributed by atoms with Gasteiger partial charge in [-0.05, 0) is 11.6 Å². The Kier molecular flexibility index (Phi) is 5.89. The van der Waals surface area contributed by atoms with Crippen LogP contribution in [0.2, 0.25) is 0 Å². The molecule has 0 radical (unpaired) electrons. The Labute approximate surface area is 79.2 Å². The van der Waals surface area contributed by atoms with Crippen molar-refractivity contribution in [1.82, 2.24) is 0 Å². The predicted molar refractivity (Wildman–Crippen MR) is 59.4 cm³/mol. The van der Waals surface area contributed by atoms with Crippen molar-refractivity contribution in [3.05, 3.63) is 61.4 Å². The highest BCUT2D eigenvalue weighted by Crippen LogP contribution is 2.12. The highest BCUT2D eigenvalue weighted by molar-refractivity contribution is 5.57. The van der Waals surface area contributed by atoms with Crippen molar-refractivity contribution < 1.29 is 0 Å². The Morgan fingerprint density at radius 3 is 2.08 bits per heavy atom. The summed E-state index contributed by atoms with van der Waals surface area (Å²) in [4.78, 5) is 3.96. The van der Waals surface area contributed by atoms with E-state index in [2.05, 4.69) is 24.7 Å². The van der Waals surface area contributed by atoms with Crippen LogP contribution in [-0.2, 0) is 0 Å². The molecule has 0 rings (SSSR count). The van der Waals surface area contributed by atoms with E-state index >= 15 is 0 Å². The molecule has 68 valence electrons. The Morgan fingerprint density at radius 1 is 1.08 bits per heavy atom. The lowest BCUT2D eigenvalue weighted by molar-refractivity contribution is 1.35. The van der Waals surface area contributed by atoms with Gasteiger partial charge in [0.05, 0.1) is 12.0 Å². The second-order valence-electron chi connectivity index (χ2n) is 2.13. The molecule has 0 aliphatic heterocycles. The summed E-state index contributed by atoms with van der Waals surface area (Å²) < 4.78 is 0. The lowest BCUT2D eigenvalue weighted by atomic mass is 10.1. The maximum Gasteiger partial charge on any atom is 0.0860 e. The zero-order valence-corrected chi connectivity index (χ0v) is 7.61. The van der Waals surface area contributed by atoms with Crippen molar-refractivity contribution in [2.75, 3.05) is 0 Å². The van der Waals surface area contributed by atoms with Crippen LogP contribution < -0.4 is 5.73 Å². The van der Waals surface area contributed by atoms with Crippen molar-refractivity contribution in [2.45, 2.75) is 0 Å². The van der Waals surface area contributed by atoms with Gasteiger partial charge in [0.25, 0.3) is 0 Å². The fraction of sp³-hybridized carbons (Fsp3) is 0. The fourth-order valence-electron chi connectivity index (χ4n) is 0.791. The molecule has 2 nitrogen and oxygen atoms in total. The molecular formula is C11H14N2. The van der Waals surface area contributed by atoms with Crippen LogP contribution in [-0.4, -0.2) is 6.34 Å². The molecule has 0 aromatic carbocycles. The highest BCUT2D eigenvalue weighted by Gasteiger charge is 1.95. The van der Waals surface area contributed by atoms with Crippen molar-refractivity contribution in [2.24, 2.45) is 10.7 Å². The van der Waals surface area contributed by atoms with E-state index in [1.807, 2.05) is 0 Å². The first-order valence-corrected chi connectivity index (χ1v) is 3.82. The largest absolute Gasteiger partial charge is 0.390 e. The molecule has 0 heterocycles. The number of hydrogen-bond donors (Lipinski definition) is 1. The quantitative estimate of drug-likeness (QED) is 0.388. The van der Waals surface area contributed by atoms with E-state index in [9.17, 15) is 0 Å². The van der Waals surface area contributed by atoms with Crippen LogP contribution in [0.4, 0.5) is 0 Å². The molecule has 0 bridgehead atoms. The van der Waals surface area contributed by atoms with Crippen LogP contribution in [0.5, 0.6) is 0 Å². The van der Waals surface area contributed by atoms with Crippen LogP contribution in [0.3, 0.4) is 0 Å². The van der Waals surface area contributed by atoms with Gasteiger partial charge in [-0.1, -0.05) is 44.0 Å². The average molecular weight is 174 g/mol. The van der Waals surface area contributed by atoms with E-state index < -0.39 is 0 Å². The van der Waals surface area contributed by atoms with Crippen molar-refractivity contribution >= 4 is 6.34 Å². The first-order chi connectivity index (χ1) is 6.29. The summed E-state index contributed by atoms with van der Waals surface area (Å²) in [7, 11) is 0. The molecule has 0 aliphatic rings. The minimum atomic E-state index is 0.715. The molecule has 0 spiro atoms. The van der Waals surface area contributed by atoms with Gasteiger partial charge in [-0.15, -0.1) is 0 Å². The Hall–Kier alpha value is -1.83. The molecule has 13 heavy (non-hydrogen) atoms. The maximum absolute atomic E-state index is 5.19. The van der Waals surface area contributed by atoms with Gasteiger partial charge in [0, 0.05) is 0 Å². The predicted octanol–water partition coefficient (Wildman–Crippen LogP) is 2.34. The molecule has 0 fully saturated rings. The molecule has 0 atom stereocenters. The summed E-state index contributed by atoms with van der Waals surface area (Å²) in [6, 6.07) is 0. The molecule has 0 aromatic rings. The molecular weight excluding hydrogens is 160 g/mol. The molecule has 0 aliphatic carbocycles. The van der Waals surface area contributed by atoms with Crippen molar-refractivity contribution in [1.29, 1.82) is 0 Å². The van der Waals surface area contributed by atoms with Crippen LogP contribution in [0, 0.1) is 0 Å². The third-order valence-electron chi connectivity index (χ3n) is 1.30. The van der Waals surface area contributed by atoms with E-state index in [0.29, 0.717) is 5.70 Å². The lowest BCUT2D eigenvalue weighted by Crippen LogP contribution is -1.91. The Bertz CT molecular complexity index is 280. The second kappa shape index (κ2) is 6.85. The monoisotopic (exact) mass is 174 g/mol. The minimum absolute atomic E-state index is 0.715. The topological polar surface area (TPSA) is 38.4 Å². The van der Waals surface area contributed by atoms with Gasteiger partial charge in [0.1, 0.15) is 0 Å². The SMILES string of the molecule is C=C/C=C(C=C)\C(=C/C=C)N=CN. The third kappa shape index (κ3) is 3.91. The number of allylic oxidation sites excluding steroid dienone is 5. The summed E-state index contributed by atoms with van der Waals surface area (Å²) in [6.07, 6.45) is 9.78. The van der Waals surface area contributed by atoms with Gasteiger partial charge >= 0.3 is 0 Å². The van der Waals surface area contributed by atoms with Crippen LogP contribution in [0.25, 0.3) is 0 Å². The van der Waals surface area contributed by atoms with Crippen molar-refractivity contribution in [3.63, 3.8) is 0 Å².